The van der Waals surface area contributed by atoms with Gasteiger partial charge in [-0.1, -0.05) is 19.9 Å². The molecule has 0 saturated carbocycles. The zero-order valence-electron chi connectivity index (χ0n) is 13.1. The van der Waals surface area contributed by atoms with Crippen LogP contribution in [0.4, 0.5) is 4.39 Å². The molecular weight excluding hydrogens is 283 g/mol. The number of amides is 1. The van der Waals surface area contributed by atoms with Crippen LogP contribution in [0, 0.1) is 11.7 Å². The Morgan fingerprint density at radius 3 is 2.68 bits per heavy atom. The van der Waals surface area contributed by atoms with Crippen molar-refractivity contribution in [2.45, 2.75) is 33.2 Å². The summed E-state index contributed by atoms with van der Waals surface area (Å²) in [5, 5.41) is 0.383. The predicted octanol–water partition coefficient (Wildman–Crippen LogP) is 3.38. The minimum absolute atomic E-state index is 0.282. The lowest BCUT2D eigenvalue weighted by atomic mass is 10.0. The zero-order chi connectivity index (χ0) is 16.3. The predicted molar refractivity (Wildman–Crippen MR) is 84.3 cm³/mol. The fourth-order valence-electron chi connectivity index (χ4n) is 2.66. The first-order valence-electron chi connectivity index (χ1n) is 7.51. The molecule has 1 atom stereocenters. The second-order valence-corrected chi connectivity index (χ2v) is 5.81. The number of hydrogen-bond acceptors (Lipinski definition) is 2. The van der Waals surface area contributed by atoms with E-state index in [2.05, 4.69) is 4.98 Å². The maximum absolute atomic E-state index is 13.7. The summed E-state index contributed by atoms with van der Waals surface area (Å²) in [7, 11) is 0. The van der Waals surface area contributed by atoms with Gasteiger partial charge in [0.1, 0.15) is 17.8 Å². The number of benzene rings is 1. The number of halogens is 1. The Morgan fingerprint density at radius 1 is 1.41 bits per heavy atom. The van der Waals surface area contributed by atoms with Crippen molar-refractivity contribution in [1.82, 2.24) is 9.88 Å². The molecule has 2 rings (SSSR count). The fourth-order valence-corrected chi connectivity index (χ4v) is 2.66. The van der Waals surface area contributed by atoms with E-state index in [4.69, 9.17) is 0 Å². The summed E-state index contributed by atoms with van der Waals surface area (Å²) >= 11 is 0. The topological polar surface area (TPSA) is 53.2 Å². The molecule has 1 heterocycles. The lowest BCUT2D eigenvalue weighted by Gasteiger charge is -2.27. The normalized spacial score (nSPS) is 12.6. The molecule has 0 aliphatic carbocycles. The van der Waals surface area contributed by atoms with E-state index in [0.29, 0.717) is 35.5 Å². The average Bonchev–Trinajstić information content (AvgIpc) is 2.92. The Kier molecular flexibility index (Phi) is 4.96. The largest absolute Gasteiger partial charge is 0.350 e. The third kappa shape index (κ3) is 3.18. The third-order valence-corrected chi connectivity index (χ3v) is 3.71. The van der Waals surface area contributed by atoms with Gasteiger partial charge in [0, 0.05) is 17.4 Å². The van der Waals surface area contributed by atoms with E-state index in [1.807, 2.05) is 20.8 Å². The molecule has 1 unspecified atom stereocenters. The summed E-state index contributed by atoms with van der Waals surface area (Å²) in [6, 6.07) is 5.71. The van der Waals surface area contributed by atoms with Crippen LogP contribution in [0.3, 0.4) is 0 Å². The van der Waals surface area contributed by atoms with Gasteiger partial charge in [-0.25, -0.2) is 4.39 Å². The number of aromatic amines is 1. The Hall–Kier alpha value is -2.17. The van der Waals surface area contributed by atoms with Crippen LogP contribution in [0.2, 0.25) is 0 Å². The van der Waals surface area contributed by atoms with Crippen molar-refractivity contribution in [3.05, 3.63) is 35.8 Å². The highest BCUT2D eigenvalue weighted by Gasteiger charge is 2.25. The quantitative estimate of drug-likeness (QED) is 0.832. The number of carbonyl (C=O) groups is 2. The van der Waals surface area contributed by atoms with Crippen molar-refractivity contribution < 1.29 is 14.0 Å². The second-order valence-electron chi connectivity index (χ2n) is 5.81. The van der Waals surface area contributed by atoms with Gasteiger partial charge in [-0.15, -0.1) is 0 Å². The van der Waals surface area contributed by atoms with Crippen molar-refractivity contribution in [2.75, 3.05) is 6.54 Å². The number of nitrogens with zero attached hydrogens (tertiary/aromatic N) is 1. The molecule has 0 saturated heterocycles. The highest BCUT2D eigenvalue weighted by Crippen LogP contribution is 2.21. The average molecular weight is 304 g/mol. The molecule has 1 N–H and O–H groups in total. The first kappa shape index (κ1) is 16.2. The molecule has 5 heteroatoms. The van der Waals surface area contributed by atoms with Crippen LogP contribution in [0.25, 0.3) is 10.9 Å². The molecule has 2 aromatic rings. The number of H-pyrrole nitrogens is 1. The van der Waals surface area contributed by atoms with E-state index in [1.165, 1.54) is 17.0 Å². The molecule has 118 valence electrons. The number of carbonyl (C=O) groups excluding carboxylic acids is 2. The molecule has 0 spiro atoms. The highest BCUT2D eigenvalue weighted by molar-refractivity contribution is 5.99. The molecule has 0 aliphatic rings. The fraction of sp³-hybridized carbons (Fsp3) is 0.412. The van der Waals surface area contributed by atoms with Gasteiger partial charge in [0.2, 0.25) is 0 Å². The van der Waals surface area contributed by atoms with Gasteiger partial charge in [0.15, 0.2) is 0 Å². The lowest BCUT2D eigenvalue weighted by molar-refractivity contribution is -0.112. The molecule has 1 amide bonds. The SMILES string of the molecule is CCN(C(=O)c1cc2c(F)cccc2[nH]1)C(C=O)CC(C)C. The number of aldehydes is 1. The molecule has 22 heavy (non-hydrogen) atoms. The second kappa shape index (κ2) is 6.73. The Bertz CT molecular complexity index is 678. The van der Waals surface area contributed by atoms with Gasteiger partial charge in [-0.3, -0.25) is 4.79 Å². The van der Waals surface area contributed by atoms with E-state index in [1.54, 1.807) is 12.1 Å². The van der Waals surface area contributed by atoms with E-state index in [9.17, 15) is 14.0 Å². The number of fused-ring (bicyclic) bond motifs is 1. The standard InChI is InChI=1S/C17H21FN2O2/c1-4-20(12(10-21)8-11(2)3)17(22)16-9-13-14(18)6-5-7-15(13)19-16/h5-7,9-12,19H,4,8H2,1-3H3. The summed E-state index contributed by atoms with van der Waals surface area (Å²) in [6.45, 7) is 6.27. The van der Waals surface area contributed by atoms with Crippen LogP contribution in [0.15, 0.2) is 24.3 Å². The summed E-state index contributed by atoms with van der Waals surface area (Å²) in [4.78, 5) is 28.5. The van der Waals surface area contributed by atoms with E-state index >= 15 is 0 Å². The maximum atomic E-state index is 13.7. The first-order valence-corrected chi connectivity index (χ1v) is 7.51. The van der Waals surface area contributed by atoms with Crippen molar-refractivity contribution in [3.8, 4) is 0 Å². The molecule has 0 aliphatic heterocycles. The van der Waals surface area contributed by atoms with Gasteiger partial charge in [-0.05, 0) is 37.5 Å². The third-order valence-electron chi connectivity index (χ3n) is 3.71. The van der Waals surface area contributed by atoms with Crippen LogP contribution in [0.1, 0.15) is 37.7 Å². The van der Waals surface area contributed by atoms with Gasteiger partial charge >= 0.3 is 0 Å². The number of nitrogens with one attached hydrogen (secondary N) is 1. The van der Waals surface area contributed by atoms with Gasteiger partial charge < -0.3 is 14.7 Å². The van der Waals surface area contributed by atoms with E-state index in [0.717, 1.165) is 6.29 Å². The number of likely N-dealkylation sites (N-methyl/N-ethyl adjacent to an activating group) is 1. The van der Waals surface area contributed by atoms with Crippen LogP contribution in [-0.4, -0.2) is 34.7 Å². The summed E-state index contributed by atoms with van der Waals surface area (Å²) in [5.74, 6) is -0.349. The zero-order valence-corrected chi connectivity index (χ0v) is 13.1. The smallest absolute Gasteiger partial charge is 0.270 e. The van der Waals surface area contributed by atoms with Crippen LogP contribution < -0.4 is 0 Å². The van der Waals surface area contributed by atoms with Crippen LogP contribution in [-0.2, 0) is 4.79 Å². The van der Waals surface area contributed by atoms with Gasteiger partial charge in [0.25, 0.3) is 5.91 Å². The summed E-state index contributed by atoms with van der Waals surface area (Å²) < 4.78 is 13.7. The number of aromatic nitrogens is 1. The monoisotopic (exact) mass is 304 g/mol. The summed E-state index contributed by atoms with van der Waals surface area (Å²) in [5.41, 5.74) is 0.878. The van der Waals surface area contributed by atoms with Crippen LogP contribution >= 0.6 is 0 Å². The van der Waals surface area contributed by atoms with Crippen molar-refractivity contribution in [1.29, 1.82) is 0 Å². The Labute approximate surface area is 129 Å². The molecular formula is C17H21FN2O2. The van der Waals surface area contributed by atoms with E-state index < -0.39 is 6.04 Å². The minimum atomic E-state index is -0.464. The molecule has 0 radical (unpaired) electrons. The molecule has 1 aromatic heterocycles. The molecule has 0 bridgehead atoms. The van der Waals surface area contributed by atoms with Crippen molar-refractivity contribution in [3.63, 3.8) is 0 Å². The Balaban J connectivity index is 2.33. The molecule has 0 fully saturated rings. The Morgan fingerprint density at radius 2 is 2.14 bits per heavy atom. The minimum Gasteiger partial charge on any atom is -0.350 e. The van der Waals surface area contributed by atoms with Gasteiger partial charge in [-0.2, -0.15) is 0 Å². The summed E-state index contributed by atoms with van der Waals surface area (Å²) in [6.07, 6.45) is 1.42. The van der Waals surface area contributed by atoms with Crippen molar-refractivity contribution in [2.24, 2.45) is 5.92 Å². The van der Waals surface area contributed by atoms with Gasteiger partial charge in [0.05, 0.1) is 6.04 Å². The molecule has 1 aromatic carbocycles. The lowest BCUT2D eigenvalue weighted by Crippen LogP contribution is -2.42. The maximum Gasteiger partial charge on any atom is 0.270 e. The van der Waals surface area contributed by atoms with E-state index in [-0.39, 0.29) is 11.7 Å². The first-order chi connectivity index (χ1) is 10.5. The number of rotatable bonds is 6. The number of hydrogen-bond donors (Lipinski definition) is 1. The van der Waals surface area contributed by atoms with Crippen LogP contribution in [0.5, 0.6) is 0 Å². The molecule has 4 nitrogen and oxygen atoms in total. The highest BCUT2D eigenvalue weighted by atomic mass is 19.1. The van der Waals surface area contributed by atoms with Crippen molar-refractivity contribution >= 4 is 23.1 Å².